The summed E-state index contributed by atoms with van der Waals surface area (Å²) in [5.74, 6) is 0.433. The van der Waals surface area contributed by atoms with Crippen molar-refractivity contribution in [3.8, 4) is 0 Å². The van der Waals surface area contributed by atoms with Gasteiger partial charge >= 0.3 is 0 Å². The Morgan fingerprint density at radius 2 is 2.00 bits per heavy atom. The fourth-order valence-electron chi connectivity index (χ4n) is 2.60. The van der Waals surface area contributed by atoms with Crippen LogP contribution in [0.25, 0.3) is 0 Å². The first-order valence-corrected chi connectivity index (χ1v) is 8.75. The summed E-state index contributed by atoms with van der Waals surface area (Å²) in [5, 5.41) is 0. The quantitative estimate of drug-likeness (QED) is 0.823. The molecule has 2 rings (SSSR count). The van der Waals surface area contributed by atoms with Crippen molar-refractivity contribution in [2.24, 2.45) is 5.92 Å². The molecule has 0 aromatic heterocycles. The number of nitrogen functional groups attached to an aromatic ring is 1. The van der Waals surface area contributed by atoms with E-state index >= 15 is 0 Å². The molecule has 0 saturated heterocycles. The van der Waals surface area contributed by atoms with Crippen LogP contribution in [0.15, 0.2) is 27.6 Å². The van der Waals surface area contributed by atoms with Gasteiger partial charge in [-0.15, -0.1) is 0 Å². The Hall–Kier alpha value is -0.590. The van der Waals surface area contributed by atoms with Crippen molar-refractivity contribution in [2.45, 2.75) is 43.5 Å². The van der Waals surface area contributed by atoms with Gasteiger partial charge in [0, 0.05) is 10.5 Å². The number of nitrogens with one attached hydrogen (secondary N) is 1. The predicted octanol–water partition coefficient (Wildman–Crippen LogP) is 2.89. The Bertz CT molecular complexity index is 554. The third kappa shape index (κ3) is 3.49. The molecule has 19 heavy (non-hydrogen) atoms. The Morgan fingerprint density at radius 1 is 1.37 bits per heavy atom. The second-order valence-electron chi connectivity index (χ2n) is 5.14. The molecule has 1 aromatic rings. The number of benzene rings is 1. The van der Waals surface area contributed by atoms with Gasteiger partial charge in [0.1, 0.15) is 4.90 Å². The molecular formula is C13H19BrN2O2S. The summed E-state index contributed by atoms with van der Waals surface area (Å²) < 4.78 is 28.2. The summed E-state index contributed by atoms with van der Waals surface area (Å²) in [4.78, 5) is 0.145. The minimum atomic E-state index is -3.56. The highest BCUT2D eigenvalue weighted by molar-refractivity contribution is 9.10. The molecule has 1 atom stereocenters. The molecule has 1 aliphatic carbocycles. The maximum Gasteiger partial charge on any atom is 0.242 e. The van der Waals surface area contributed by atoms with E-state index in [9.17, 15) is 8.42 Å². The average Bonchev–Trinajstić information content (AvgIpc) is 2.85. The molecule has 0 spiro atoms. The molecule has 6 heteroatoms. The summed E-state index contributed by atoms with van der Waals surface area (Å²) in [6, 6.07) is 4.82. The molecule has 3 N–H and O–H groups in total. The molecule has 0 radical (unpaired) electrons. The van der Waals surface area contributed by atoms with E-state index in [0.29, 0.717) is 10.4 Å². The van der Waals surface area contributed by atoms with Crippen LogP contribution in [0.3, 0.4) is 0 Å². The van der Waals surface area contributed by atoms with Gasteiger partial charge < -0.3 is 5.73 Å². The van der Waals surface area contributed by atoms with Gasteiger partial charge in [0.15, 0.2) is 0 Å². The molecule has 0 aliphatic heterocycles. The topological polar surface area (TPSA) is 72.2 Å². The predicted molar refractivity (Wildman–Crippen MR) is 80.3 cm³/mol. The van der Waals surface area contributed by atoms with Crippen LogP contribution in [0.5, 0.6) is 0 Å². The SMILES string of the molecule is CC(NS(=O)(=O)c1cc(Br)ccc1N)C1CCCC1. The summed E-state index contributed by atoms with van der Waals surface area (Å²) >= 11 is 3.27. The zero-order chi connectivity index (χ0) is 14.0. The second kappa shape index (κ2) is 5.81. The lowest BCUT2D eigenvalue weighted by atomic mass is 10.0. The van der Waals surface area contributed by atoms with Gasteiger partial charge in [0.2, 0.25) is 10.0 Å². The number of nitrogens with two attached hydrogens (primary N) is 1. The van der Waals surface area contributed by atoms with Crippen LogP contribution in [0.4, 0.5) is 5.69 Å². The number of rotatable bonds is 4. The van der Waals surface area contributed by atoms with E-state index in [1.54, 1.807) is 18.2 Å². The summed E-state index contributed by atoms with van der Waals surface area (Å²) in [6.45, 7) is 1.93. The third-order valence-electron chi connectivity index (χ3n) is 3.71. The normalized spacial score (nSPS) is 18.6. The molecule has 0 bridgehead atoms. The molecule has 1 saturated carbocycles. The van der Waals surface area contributed by atoms with Crippen molar-refractivity contribution in [1.82, 2.24) is 4.72 Å². The molecule has 0 amide bonds. The average molecular weight is 347 g/mol. The molecule has 1 unspecified atom stereocenters. The first-order chi connectivity index (χ1) is 8.90. The zero-order valence-corrected chi connectivity index (χ0v) is 13.3. The minimum Gasteiger partial charge on any atom is -0.398 e. The monoisotopic (exact) mass is 346 g/mol. The number of sulfonamides is 1. The van der Waals surface area contributed by atoms with Gasteiger partial charge in [0.25, 0.3) is 0 Å². The molecule has 1 fully saturated rings. The van der Waals surface area contributed by atoms with Crippen LogP contribution in [0.2, 0.25) is 0 Å². The fourth-order valence-corrected chi connectivity index (χ4v) is 4.58. The van der Waals surface area contributed by atoms with Crippen LogP contribution < -0.4 is 10.5 Å². The van der Waals surface area contributed by atoms with Crippen molar-refractivity contribution >= 4 is 31.6 Å². The molecule has 4 nitrogen and oxygen atoms in total. The number of hydrogen-bond acceptors (Lipinski definition) is 3. The van der Waals surface area contributed by atoms with E-state index < -0.39 is 10.0 Å². The Morgan fingerprint density at radius 3 is 2.63 bits per heavy atom. The van der Waals surface area contributed by atoms with Gasteiger partial charge in [-0.2, -0.15) is 0 Å². The van der Waals surface area contributed by atoms with Gasteiger partial charge in [-0.1, -0.05) is 28.8 Å². The first kappa shape index (κ1) is 14.8. The van der Waals surface area contributed by atoms with E-state index in [1.807, 2.05) is 6.92 Å². The lowest BCUT2D eigenvalue weighted by Gasteiger charge is -2.20. The Kier molecular flexibility index (Phi) is 4.53. The van der Waals surface area contributed by atoms with Crippen molar-refractivity contribution in [3.63, 3.8) is 0 Å². The largest absolute Gasteiger partial charge is 0.398 e. The molecule has 106 valence electrons. The highest BCUT2D eigenvalue weighted by Gasteiger charge is 2.27. The van der Waals surface area contributed by atoms with Crippen LogP contribution in [-0.2, 0) is 10.0 Å². The van der Waals surface area contributed by atoms with Crippen LogP contribution >= 0.6 is 15.9 Å². The molecular weight excluding hydrogens is 328 g/mol. The van der Waals surface area contributed by atoms with Crippen LogP contribution in [-0.4, -0.2) is 14.5 Å². The zero-order valence-electron chi connectivity index (χ0n) is 10.9. The van der Waals surface area contributed by atoms with Gasteiger partial charge in [-0.05, 0) is 43.9 Å². The Balaban J connectivity index is 2.19. The van der Waals surface area contributed by atoms with Crippen molar-refractivity contribution in [3.05, 3.63) is 22.7 Å². The van der Waals surface area contributed by atoms with Crippen LogP contribution in [0, 0.1) is 5.92 Å². The van der Waals surface area contributed by atoms with Gasteiger partial charge in [-0.3, -0.25) is 0 Å². The highest BCUT2D eigenvalue weighted by Crippen LogP contribution is 2.29. The molecule has 1 aromatic carbocycles. The van der Waals surface area contributed by atoms with E-state index in [0.717, 1.165) is 12.8 Å². The first-order valence-electron chi connectivity index (χ1n) is 6.47. The minimum absolute atomic E-state index is 0.0501. The summed E-state index contributed by atoms with van der Waals surface area (Å²) in [6.07, 6.45) is 4.57. The number of anilines is 1. The summed E-state index contributed by atoms with van der Waals surface area (Å²) in [5.41, 5.74) is 6.04. The fraction of sp³-hybridized carbons (Fsp3) is 0.538. The van der Waals surface area contributed by atoms with Gasteiger partial charge in [-0.25, -0.2) is 13.1 Å². The maximum atomic E-state index is 12.4. The van der Waals surface area contributed by atoms with E-state index in [4.69, 9.17) is 5.73 Å². The lowest BCUT2D eigenvalue weighted by molar-refractivity contribution is 0.424. The van der Waals surface area contributed by atoms with E-state index in [-0.39, 0.29) is 16.6 Å². The maximum absolute atomic E-state index is 12.4. The van der Waals surface area contributed by atoms with Crippen molar-refractivity contribution in [2.75, 3.05) is 5.73 Å². The molecule has 1 aliphatic rings. The van der Waals surface area contributed by atoms with E-state index in [1.165, 1.54) is 12.8 Å². The highest BCUT2D eigenvalue weighted by atomic mass is 79.9. The van der Waals surface area contributed by atoms with Crippen molar-refractivity contribution < 1.29 is 8.42 Å². The smallest absolute Gasteiger partial charge is 0.242 e. The standard InChI is InChI=1S/C13H19BrN2O2S/c1-9(10-4-2-3-5-10)16-19(17,18)13-8-11(14)6-7-12(13)15/h6-10,16H,2-5,15H2,1H3. The molecule has 0 heterocycles. The van der Waals surface area contributed by atoms with E-state index in [2.05, 4.69) is 20.7 Å². The lowest BCUT2D eigenvalue weighted by Crippen LogP contribution is -2.37. The Labute approximate surface area is 122 Å². The third-order valence-corrected chi connectivity index (χ3v) is 5.82. The van der Waals surface area contributed by atoms with Gasteiger partial charge in [0.05, 0.1) is 5.69 Å². The second-order valence-corrected chi connectivity index (χ2v) is 7.73. The van der Waals surface area contributed by atoms with Crippen LogP contribution in [0.1, 0.15) is 32.6 Å². The van der Waals surface area contributed by atoms with Crippen molar-refractivity contribution in [1.29, 1.82) is 0 Å². The number of hydrogen-bond donors (Lipinski definition) is 2. The number of halogens is 1. The summed E-state index contributed by atoms with van der Waals surface area (Å²) in [7, 11) is -3.56.